The molecule has 142 valence electrons. The van der Waals surface area contributed by atoms with E-state index < -0.39 is 5.91 Å². The van der Waals surface area contributed by atoms with Gasteiger partial charge in [0.05, 0.1) is 18.4 Å². The molecule has 1 fully saturated rings. The molecule has 2 aliphatic rings. The quantitative estimate of drug-likeness (QED) is 0.604. The number of para-hydroxylation sites is 1. The molecule has 2 N–H and O–H groups in total. The number of nitrogens with zero attached hydrogens (tertiary/aromatic N) is 1. The summed E-state index contributed by atoms with van der Waals surface area (Å²) in [6.45, 7) is 3.21. The van der Waals surface area contributed by atoms with Gasteiger partial charge in [-0.2, -0.15) is 0 Å². The number of aryl methyl sites for hydroxylation is 2. The maximum Gasteiger partial charge on any atom is 0.243 e. The van der Waals surface area contributed by atoms with Crippen LogP contribution in [0, 0.1) is 25.7 Å². The summed E-state index contributed by atoms with van der Waals surface area (Å²) >= 11 is 0. The van der Waals surface area contributed by atoms with Crippen LogP contribution in [-0.2, 0) is 19.2 Å². The lowest BCUT2D eigenvalue weighted by Crippen LogP contribution is -2.43. The van der Waals surface area contributed by atoms with Crippen LogP contribution < -0.4 is 10.6 Å². The summed E-state index contributed by atoms with van der Waals surface area (Å²) in [5.74, 6) is -2.21. The fraction of sp³-hybridized carbons (Fsp3) is 0.400. The molecule has 1 aliphatic carbocycles. The highest BCUT2D eigenvalue weighted by molar-refractivity contribution is 6.07. The third kappa shape index (κ3) is 3.92. The number of benzene rings is 1. The monoisotopic (exact) mass is 369 g/mol. The second-order valence-corrected chi connectivity index (χ2v) is 7.01. The number of amides is 4. The van der Waals surface area contributed by atoms with Crippen LogP contribution in [0.1, 0.15) is 24.0 Å². The summed E-state index contributed by atoms with van der Waals surface area (Å²) in [7, 11) is 0. The summed E-state index contributed by atoms with van der Waals surface area (Å²) in [6, 6.07) is 5.68. The molecule has 3 rings (SSSR count). The van der Waals surface area contributed by atoms with Crippen molar-refractivity contribution in [2.45, 2.75) is 26.7 Å². The Kier molecular flexibility index (Phi) is 5.39. The predicted octanol–water partition coefficient (Wildman–Crippen LogP) is 1.31. The van der Waals surface area contributed by atoms with Crippen molar-refractivity contribution in [3.05, 3.63) is 41.5 Å². The first kappa shape index (κ1) is 18.8. The van der Waals surface area contributed by atoms with E-state index in [1.807, 2.05) is 44.2 Å². The first-order valence-electron chi connectivity index (χ1n) is 9.01. The minimum absolute atomic E-state index is 0.225. The largest absolute Gasteiger partial charge is 0.345 e. The normalized spacial score (nSPS) is 21.2. The van der Waals surface area contributed by atoms with Gasteiger partial charge in [0.15, 0.2) is 0 Å². The SMILES string of the molecule is Cc1cccc(C)c1NC(=O)CNC(=O)CN1C(=O)[C@H]2CC=CC[C@H]2C1=O. The molecule has 7 heteroatoms. The van der Waals surface area contributed by atoms with Crippen molar-refractivity contribution in [2.75, 3.05) is 18.4 Å². The second kappa shape index (κ2) is 7.73. The Morgan fingerprint density at radius 3 is 2.11 bits per heavy atom. The third-order valence-corrected chi connectivity index (χ3v) is 5.09. The zero-order valence-electron chi connectivity index (χ0n) is 15.5. The summed E-state index contributed by atoms with van der Waals surface area (Å²) in [5, 5.41) is 5.25. The number of nitrogens with one attached hydrogen (secondary N) is 2. The number of hydrogen-bond acceptors (Lipinski definition) is 4. The molecule has 0 spiro atoms. The molecule has 1 aromatic carbocycles. The fourth-order valence-electron chi connectivity index (χ4n) is 3.60. The maximum atomic E-state index is 12.4. The Hall–Kier alpha value is -2.96. The number of carbonyl (C=O) groups is 4. The van der Waals surface area contributed by atoms with Crippen molar-refractivity contribution in [3.63, 3.8) is 0 Å². The Morgan fingerprint density at radius 1 is 1.00 bits per heavy atom. The van der Waals surface area contributed by atoms with Gasteiger partial charge in [0.1, 0.15) is 6.54 Å². The van der Waals surface area contributed by atoms with Gasteiger partial charge in [-0.3, -0.25) is 24.1 Å². The fourth-order valence-corrected chi connectivity index (χ4v) is 3.60. The summed E-state index contributed by atoms with van der Waals surface area (Å²) < 4.78 is 0. The smallest absolute Gasteiger partial charge is 0.243 e. The molecule has 1 aromatic rings. The number of anilines is 1. The number of likely N-dealkylation sites (tertiary alicyclic amines) is 1. The van der Waals surface area contributed by atoms with Crippen molar-refractivity contribution < 1.29 is 19.2 Å². The van der Waals surface area contributed by atoms with E-state index in [0.717, 1.165) is 21.7 Å². The highest BCUT2D eigenvalue weighted by atomic mass is 16.2. The van der Waals surface area contributed by atoms with Crippen molar-refractivity contribution in [1.29, 1.82) is 0 Å². The molecule has 0 saturated carbocycles. The molecule has 0 aromatic heterocycles. The van der Waals surface area contributed by atoms with E-state index in [4.69, 9.17) is 0 Å². The molecule has 1 saturated heterocycles. The van der Waals surface area contributed by atoms with Gasteiger partial charge in [0.2, 0.25) is 23.6 Å². The van der Waals surface area contributed by atoms with Crippen LogP contribution in [0.5, 0.6) is 0 Å². The zero-order valence-corrected chi connectivity index (χ0v) is 15.5. The van der Waals surface area contributed by atoms with E-state index in [1.54, 1.807) is 0 Å². The molecule has 4 amide bonds. The Balaban J connectivity index is 1.52. The van der Waals surface area contributed by atoms with Crippen molar-refractivity contribution in [1.82, 2.24) is 10.2 Å². The molecular formula is C20H23N3O4. The lowest BCUT2D eigenvalue weighted by atomic mass is 9.85. The van der Waals surface area contributed by atoms with Gasteiger partial charge < -0.3 is 10.6 Å². The van der Waals surface area contributed by atoms with Crippen LogP contribution in [-0.4, -0.2) is 41.6 Å². The summed E-state index contributed by atoms with van der Waals surface area (Å²) in [5.41, 5.74) is 2.58. The van der Waals surface area contributed by atoms with Gasteiger partial charge >= 0.3 is 0 Å². The summed E-state index contributed by atoms with van der Waals surface area (Å²) in [6.07, 6.45) is 4.86. The lowest BCUT2D eigenvalue weighted by Gasteiger charge is -2.15. The number of fused-ring (bicyclic) bond motifs is 1. The third-order valence-electron chi connectivity index (χ3n) is 5.09. The zero-order chi connectivity index (χ0) is 19.6. The number of imide groups is 1. The first-order chi connectivity index (χ1) is 12.9. The number of carbonyl (C=O) groups excluding carboxylic acids is 4. The Labute approximate surface area is 157 Å². The average molecular weight is 369 g/mol. The van der Waals surface area contributed by atoms with E-state index in [-0.39, 0.29) is 42.6 Å². The van der Waals surface area contributed by atoms with Crippen LogP contribution in [0.4, 0.5) is 5.69 Å². The van der Waals surface area contributed by atoms with Crippen LogP contribution >= 0.6 is 0 Å². The highest BCUT2D eigenvalue weighted by Gasteiger charge is 2.47. The van der Waals surface area contributed by atoms with E-state index in [0.29, 0.717) is 12.8 Å². The Morgan fingerprint density at radius 2 is 1.56 bits per heavy atom. The molecule has 7 nitrogen and oxygen atoms in total. The van der Waals surface area contributed by atoms with Gasteiger partial charge in [-0.05, 0) is 37.8 Å². The van der Waals surface area contributed by atoms with E-state index in [2.05, 4.69) is 10.6 Å². The van der Waals surface area contributed by atoms with Gasteiger partial charge in [-0.25, -0.2) is 0 Å². The molecule has 0 unspecified atom stereocenters. The molecule has 1 heterocycles. The van der Waals surface area contributed by atoms with E-state index >= 15 is 0 Å². The van der Waals surface area contributed by atoms with Crippen molar-refractivity contribution >= 4 is 29.3 Å². The van der Waals surface area contributed by atoms with Crippen LogP contribution in [0.15, 0.2) is 30.4 Å². The minimum atomic E-state index is -0.528. The van der Waals surface area contributed by atoms with Crippen LogP contribution in [0.3, 0.4) is 0 Å². The minimum Gasteiger partial charge on any atom is -0.345 e. The number of rotatable bonds is 5. The lowest BCUT2D eigenvalue weighted by molar-refractivity contribution is -0.143. The summed E-state index contributed by atoms with van der Waals surface area (Å²) in [4.78, 5) is 50.0. The van der Waals surface area contributed by atoms with Crippen LogP contribution in [0.2, 0.25) is 0 Å². The molecule has 0 bridgehead atoms. The number of hydrogen-bond donors (Lipinski definition) is 2. The molecule has 27 heavy (non-hydrogen) atoms. The molecule has 0 radical (unpaired) electrons. The highest BCUT2D eigenvalue weighted by Crippen LogP contribution is 2.34. The van der Waals surface area contributed by atoms with Gasteiger partial charge in [0, 0.05) is 5.69 Å². The van der Waals surface area contributed by atoms with Crippen molar-refractivity contribution in [3.8, 4) is 0 Å². The predicted molar refractivity (Wildman–Crippen MR) is 99.6 cm³/mol. The van der Waals surface area contributed by atoms with Gasteiger partial charge in [-0.15, -0.1) is 0 Å². The first-order valence-corrected chi connectivity index (χ1v) is 9.01. The average Bonchev–Trinajstić information content (AvgIpc) is 2.88. The van der Waals surface area contributed by atoms with E-state index in [9.17, 15) is 19.2 Å². The standard InChI is InChI=1S/C20H23N3O4/c1-12-6-5-7-13(2)18(12)22-16(24)10-21-17(25)11-23-19(26)14-8-3-4-9-15(14)20(23)27/h3-7,14-15H,8-11H2,1-2H3,(H,21,25)(H,22,24)/t14-,15+. The molecular weight excluding hydrogens is 346 g/mol. The van der Waals surface area contributed by atoms with Gasteiger partial charge in [0.25, 0.3) is 0 Å². The van der Waals surface area contributed by atoms with Crippen molar-refractivity contribution in [2.24, 2.45) is 11.8 Å². The second-order valence-electron chi connectivity index (χ2n) is 7.01. The topological polar surface area (TPSA) is 95.6 Å². The molecule has 2 atom stereocenters. The Bertz CT molecular complexity index is 784. The molecule has 1 aliphatic heterocycles. The maximum absolute atomic E-state index is 12.4. The number of allylic oxidation sites excluding steroid dienone is 2. The van der Waals surface area contributed by atoms with E-state index in [1.165, 1.54) is 0 Å². The van der Waals surface area contributed by atoms with Crippen LogP contribution in [0.25, 0.3) is 0 Å². The van der Waals surface area contributed by atoms with Gasteiger partial charge in [-0.1, -0.05) is 30.4 Å².